The molecule has 1 saturated heterocycles. The van der Waals surface area contributed by atoms with Crippen LogP contribution < -0.4 is 16.2 Å². The van der Waals surface area contributed by atoms with E-state index in [1.54, 1.807) is 0 Å². The summed E-state index contributed by atoms with van der Waals surface area (Å²) in [5, 5.41) is 12.0. The molecule has 0 spiro atoms. The predicted molar refractivity (Wildman–Crippen MR) is 124 cm³/mol. The number of rotatable bonds is 5. The minimum Gasteiger partial charge on any atom is -0.396 e. The van der Waals surface area contributed by atoms with Crippen molar-refractivity contribution in [1.82, 2.24) is 35.9 Å². The minimum atomic E-state index is -0.593. The van der Waals surface area contributed by atoms with E-state index >= 15 is 0 Å². The number of hydrogen-bond donors (Lipinski definition) is 4. The summed E-state index contributed by atoms with van der Waals surface area (Å²) in [6.07, 6.45) is 1.21. The van der Waals surface area contributed by atoms with Crippen LogP contribution in [0.3, 0.4) is 0 Å². The number of pyridine rings is 1. The first-order valence-electron chi connectivity index (χ1n) is 11.7. The van der Waals surface area contributed by atoms with Crippen LogP contribution in [-0.2, 0) is 0 Å². The second kappa shape index (κ2) is 9.47. The molecule has 4 rings (SSSR count). The molecule has 10 nitrogen and oxygen atoms in total. The van der Waals surface area contributed by atoms with Crippen molar-refractivity contribution in [3.8, 4) is 0 Å². The number of nitrogens with zero attached hydrogens (tertiary/aromatic N) is 4. The number of carbonyl (C=O) groups is 2. The lowest BCUT2D eigenvalue weighted by Crippen LogP contribution is -2.63. The lowest BCUT2D eigenvalue weighted by molar-refractivity contribution is 0.0388. The number of piperazine rings is 1. The second-order valence-electron chi connectivity index (χ2n) is 9.79. The molecule has 0 radical (unpaired) electrons. The van der Waals surface area contributed by atoms with E-state index in [4.69, 9.17) is 5.11 Å². The van der Waals surface area contributed by atoms with Gasteiger partial charge in [-0.15, -0.1) is 0 Å². The number of aromatic nitrogens is 1. The molecule has 3 atom stereocenters. The van der Waals surface area contributed by atoms with Crippen molar-refractivity contribution >= 4 is 11.9 Å². The van der Waals surface area contributed by atoms with Crippen LogP contribution in [0.25, 0.3) is 0 Å². The Balaban J connectivity index is 1.44. The summed E-state index contributed by atoms with van der Waals surface area (Å²) in [6, 6.07) is 2.73. The van der Waals surface area contributed by atoms with Gasteiger partial charge in [0.25, 0.3) is 5.91 Å². The molecule has 186 valence electrons. The molecule has 1 aromatic heterocycles. The maximum absolute atomic E-state index is 13.7. The highest BCUT2D eigenvalue weighted by Gasteiger charge is 2.49. The fourth-order valence-corrected chi connectivity index (χ4v) is 5.03. The van der Waals surface area contributed by atoms with Crippen LogP contribution in [0.15, 0.2) is 29.6 Å². The quantitative estimate of drug-likeness (QED) is 0.494. The Kier molecular flexibility index (Phi) is 6.79. The van der Waals surface area contributed by atoms with Crippen molar-refractivity contribution in [2.75, 3.05) is 32.8 Å². The Morgan fingerprint density at radius 3 is 2.71 bits per heavy atom. The average molecular weight is 476 g/mol. The highest BCUT2D eigenvalue weighted by atomic mass is 19.1. The van der Waals surface area contributed by atoms with E-state index in [1.807, 2.05) is 23.6 Å². The summed E-state index contributed by atoms with van der Waals surface area (Å²) in [5.41, 5.74) is 7.49. The molecule has 1 fully saturated rings. The molecule has 0 aliphatic carbocycles. The first kappa shape index (κ1) is 24.4. The van der Waals surface area contributed by atoms with Gasteiger partial charge in [0.2, 0.25) is 0 Å². The lowest BCUT2D eigenvalue weighted by Gasteiger charge is -2.47. The number of halogens is 1. The van der Waals surface area contributed by atoms with E-state index in [1.165, 1.54) is 12.1 Å². The number of nitrogens with one attached hydrogen (secondary N) is 3. The van der Waals surface area contributed by atoms with Crippen LogP contribution >= 0.6 is 0 Å². The number of aliphatic hydroxyl groups excluding tert-OH is 1. The normalized spacial score (nSPS) is 26.5. The van der Waals surface area contributed by atoms with Gasteiger partial charge < -0.3 is 25.6 Å². The Labute approximate surface area is 199 Å². The summed E-state index contributed by atoms with van der Waals surface area (Å²) in [6.45, 7) is 10.9. The molecule has 0 saturated carbocycles. The van der Waals surface area contributed by atoms with E-state index in [-0.39, 0.29) is 30.4 Å². The van der Waals surface area contributed by atoms with Crippen molar-refractivity contribution in [1.29, 1.82) is 0 Å². The maximum Gasteiger partial charge on any atom is 0.321 e. The fraction of sp³-hybridized carbons (Fsp3) is 0.609. The van der Waals surface area contributed by atoms with Crippen LogP contribution in [0.1, 0.15) is 44.6 Å². The highest BCUT2D eigenvalue weighted by molar-refractivity contribution is 5.92. The predicted octanol–water partition coefficient (Wildman–Crippen LogP) is 0.630. The zero-order valence-electron chi connectivity index (χ0n) is 20.1. The standard InChI is InChI=1S/C23H34FN7O3/c1-14-12-30(15(2)11-29(14)8-5-9-32)22(34)31-13-17-19(23(31,3)4)27-28-20(17)26-21(33)18-7-6-16(24)10-25-18/h6-7,10,14-15,20,27-28,32H,5,8-9,11-13H2,1-4H3,(H,26,33)/t14-,15+,20?/m1/s1. The number of urea groups is 1. The Morgan fingerprint density at radius 1 is 1.26 bits per heavy atom. The largest absolute Gasteiger partial charge is 0.396 e. The van der Waals surface area contributed by atoms with E-state index in [0.717, 1.165) is 37.0 Å². The first-order valence-corrected chi connectivity index (χ1v) is 11.7. The van der Waals surface area contributed by atoms with Gasteiger partial charge >= 0.3 is 6.03 Å². The summed E-state index contributed by atoms with van der Waals surface area (Å²) in [4.78, 5) is 36.2. The zero-order valence-corrected chi connectivity index (χ0v) is 20.1. The minimum absolute atomic E-state index is 0.0346. The Hall–Kier alpha value is -2.76. The summed E-state index contributed by atoms with van der Waals surface area (Å²) < 4.78 is 13.1. The summed E-state index contributed by atoms with van der Waals surface area (Å²) >= 11 is 0. The monoisotopic (exact) mass is 475 g/mol. The molecule has 1 unspecified atom stereocenters. The van der Waals surface area contributed by atoms with Gasteiger partial charge in [0.05, 0.1) is 17.4 Å². The summed E-state index contributed by atoms with van der Waals surface area (Å²) in [7, 11) is 0. The van der Waals surface area contributed by atoms with Gasteiger partial charge in [0.1, 0.15) is 17.7 Å². The molecule has 3 aliphatic rings. The van der Waals surface area contributed by atoms with Crippen LogP contribution in [0.5, 0.6) is 0 Å². The molecule has 34 heavy (non-hydrogen) atoms. The fourth-order valence-electron chi connectivity index (χ4n) is 5.03. The van der Waals surface area contributed by atoms with Gasteiger partial charge in [-0.25, -0.2) is 19.6 Å². The van der Waals surface area contributed by atoms with Crippen molar-refractivity contribution < 1.29 is 19.1 Å². The number of carbonyl (C=O) groups excluding carboxylic acids is 2. The van der Waals surface area contributed by atoms with E-state index in [2.05, 4.69) is 39.9 Å². The Morgan fingerprint density at radius 2 is 2.03 bits per heavy atom. The number of hydrogen-bond acceptors (Lipinski definition) is 7. The molecule has 3 aliphatic heterocycles. The third-order valence-corrected chi connectivity index (χ3v) is 7.06. The number of hydrazine groups is 1. The van der Waals surface area contributed by atoms with Gasteiger partial charge in [-0.3, -0.25) is 9.69 Å². The van der Waals surface area contributed by atoms with Gasteiger partial charge in [-0.1, -0.05) is 0 Å². The first-order chi connectivity index (χ1) is 16.1. The molecular weight excluding hydrogens is 441 g/mol. The van der Waals surface area contributed by atoms with Gasteiger partial charge in [0.15, 0.2) is 0 Å². The van der Waals surface area contributed by atoms with Crippen molar-refractivity contribution in [2.45, 2.75) is 57.9 Å². The van der Waals surface area contributed by atoms with Crippen molar-refractivity contribution in [3.63, 3.8) is 0 Å². The SMILES string of the molecule is C[C@@H]1CN(C(=O)N2CC3=C(NNC3NC(=O)c3ccc(F)cn3)C2(C)C)[C@@H](C)CN1CCCO. The zero-order chi connectivity index (χ0) is 24.6. The maximum atomic E-state index is 13.7. The topological polar surface area (TPSA) is 113 Å². The Bertz CT molecular complexity index is 968. The van der Waals surface area contributed by atoms with Crippen LogP contribution in [0.2, 0.25) is 0 Å². The molecular formula is C23H34FN7O3. The molecule has 0 bridgehead atoms. The van der Waals surface area contributed by atoms with Gasteiger partial charge in [-0.2, -0.15) is 0 Å². The molecule has 1 aromatic rings. The summed E-state index contributed by atoms with van der Waals surface area (Å²) in [5.74, 6) is -0.941. The van der Waals surface area contributed by atoms with Crippen LogP contribution in [-0.4, -0.2) is 93.3 Å². The van der Waals surface area contributed by atoms with Crippen LogP contribution in [0, 0.1) is 5.82 Å². The second-order valence-corrected chi connectivity index (χ2v) is 9.79. The highest BCUT2D eigenvalue weighted by Crippen LogP contribution is 2.37. The van der Waals surface area contributed by atoms with E-state index in [0.29, 0.717) is 13.1 Å². The molecule has 0 aromatic carbocycles. The number of aliphatic hydroxyl groups is 1. The molecule has 11 heteroatoms. The van der Waals surface area contributed by atoms with Gasteiger partial charge in [-0.05, 0) is 46.2 Å². The number of amides is 3. The average Bonchev–Trinajstić information content (AvgIpc) is 3.32. The van der Waals surface area contributed by atoms with Crippen LogP contribution in [0.4, 0.5) is 9.18 Å². The smallest absolute Gasteiger partial charge is 0.321 e. The third kappa shape index (κ3) is 4.47. The van der Waals surface area contributed by atoms with Crippen molar-refractivity contribution in [2.24, 2.45) is 0 Å². The molecule has 4 N–H and O–H groups in total. The van der Waals surface area contributed by atoms with E-state index in [9.17, 15) is 14.0 Å². The van der Waals surface area contributed by atoms with Crippen molar-refractivity contribution in [3.05, 3.63) is 41.1 Å². The third-order valence-electron chi connectivity index (χ3n) is 7.06. The molecule has 4 heterocycles. The van der Waals surface area contributed by atoms with E-state index < -0.39 is 23.4 Å². The molecule has 3 amide bonds. The lowest BCUT2D eigenvalue weighted by atomic mass is 10.00. The van der Waals surface area contributed by atoms with Gasteiger partial charge in [0, 0.05) is 50.4 Å².